The topological polar surface area (TPSA) is 68.7 Å². The van der Waals surface area contributed by atoms with Crippen molar-refractivity contribution in [1.82, 2.24) is 4.98 Å². The number of fused-ring (bicyclic) bond motifs is 3. The summed E-state index contributed by atoms with van der Waals surface area (Å²) in [6, 6.07) is 21.8. The number of rotatable bonds is 6. The lowest BCUT2D eigenvalue weighted by molar-refractivity contribution is -0.136. The zero-order valence-electron chi connectivity index (χ0n) is 19.4. The van der Waals surface area contributed by atoms with E-state index in [4.69, 9.17) is 26.1 Å². The Hall–Kier alpha value is -3.06. The molecule has 2 heterocycles. The number of aryl methyl sites for hydroxylation is 1. The number of aromatic nitrogens is 1. The molecule has 0 fully saturated rings. The summed E-state index contributed by atoms with van der Waals surface area (Å²) in [5.41, 5.74) is 6.46. The molecule has 5 rings (SSSR count). The molecule has 1 aliphatic heterocycles. The fourth-order valence-electron chi connectivity index (χ4n) is 4.64. The van der Waals surface area contributed by atoms with Crippen LogP contribution in [0.15, 0.2) is 66.7 Å². The van der Waals surface area contributed by atoms with Crippen LogP contribution in [0.2, 0.25) is 5.02 Å². The number of carbonyl (C=O) groups is 1. The normalized spacial score (nSPS) is 16.8. The van der Waals surface area contributed by atoms with Crippen molar-refractivity contribution in [1.29, 1.82) is 0 Å². The number of nitrogens with zero attached hydrogens (tertiary/aromatic N) is 1. The van der Waals surface area contributed by atoms with Crippen molar-refractivity contribution >= 4 is 40.2 Å². The zero-order chi connectivity index (χ0) is 24.6. The molecule has 178 valence electrons. The van der Waals surface area contributed by atoms with Crippen LogP contribution >= 0.6 is 23.4 Å². The summed E-state index contributed by atoms with van der Waals surface area (Å²) >= 11 is 7.68. The summed E-state index contributed by atoms with van der Waals surface area (Å²) in [5.74, 6) is 0.248. The minimum Gasteiger partial charge on any atom is -0.488 e. The first-order valence-corrected chi connectivity index (χ1v) is 12.6. The van der Waals surface area contributed by atoms with E-state index in [1.807, 2.05) is 73.7 Å². The minimum atomic E-state index is -0.932. The van der Waals surface area contributed by atoms with Crippen molar-refractivity contribution in [2.45, 2.75) is 24.9 Å². The van der Waals surface area contributed by atoms with Gasteiger partial charge in [0.2, 0.25) is 0 Å². The van der Waals surface area contributed by atoms with E-state index in [0.717, 1.165) is 44.4 Å². The Labute approximate surface area is 213 Å². The Balaban J connectivity index is 1.69. The fourth-order valence-corrected chi connectivity index (χ4v) is 6.24. The average molecular weight is 506 g/mol. The summed E-state index contributed by atoms with van der Waals surface area (Å²) in [6.07, 6.45) is 0.0276. The highest BCUT2D eigenvalue weighted by atomic mass is 35.5. The SMILES string of the molecule is COC1(SCCC(=O)O)c2cc(-c3ccc4ccc(Cl)cc4n3)ccc2OCc2cccc(C)c21. The van der Waals surface area contributed by atoms with Crippen LogP contribution in [0, 0.1) is 6.92 Å². The third-order valence-corrected chi connectivity index (χ3v) is 7.90. The van der Waals surface area contributed by atoms with E-state index in [9.17, 15) is 9.90 Å². The number of aliphatic carboxylic acids is 1. The summed E-state index contributed by atoms with van der Waals surface area (Å²) in [7, 11) is 1.67. The lowest BCUT2D eigenvalue weighted by Crippen LogP contribution is -2.29. The lowest BCUT2D eigenvalue weighted by atomic mass is 9.91. The second-order valence-electron chi connectivity index (χ2n) is 8.46. The van der Waals surface area contributed by atoms with Gasteiger partial charge in [0.25, 0.3) is 0 Å². The van der Waals surface area contributed by atoms with Gasteiger partial charge in [0.1, 0.15) is 12.4 Å². The van der Waals surface area contributed by atoms with Crippen LogP contribution in [-0.2, 0) is 21.1 Å². The molecule has 0 amide bonds. The number of pyridine rings is 1. The molecule has 0 saturated heterocycles. The Bertz CT molecular complexity index is 1440. The fraction of sp³-hybridized carbons (Fsp3) is 0.214. The molecule has 0 radical (unpaired) electrons. The first kappa shape index (κ1) is 23.7. The van der Waals surface area contributed by atoms with Crippen molar-refractivity contribution in [3.8, 4) is 17.0 Å². The maximum atomic E-state index is 11.3. The molecular weight excluding hydrogens is 482 g/mol. The third kappa shape index (κ3) is 4.38. The van der Waals surface area contributed by atoms with Crippen LogP contribution in [0.5, 0.6) is 5.75 Å². The van der Waals surface area contributed by atoms with Gasteiger partial charge in [0.05, 0.1) is 17.6 Å². The Kier molecular flexibility index (Phi) is 6.45. The predicted octanol–water partition coefficient (Wildman–Crippen LogP) is 6.81. The molecule has 1 N–H and O–H groups in total. The number of hydrogen-bond acceptors (Lipinski definition) is 5. The van der Waals surface area contributed by atoms with Gasteiger partial charge in [-0.25, -0.2) is 4.98 Å². The van der Waals surface area contributed by atoms with Gasteiger partial charge in [-0.15, -0.1) is 11.8 Å². The monoisotopic (exact) mass is 505 g/mol. The Morgan fingerprint density at radius 1 is 1.17 bits per heavy atom. The zero-order valence-corrected chi connectivity index (χ0v) is 20.9. The first-order valence-electron chi connectivity index (χ1n) is 11.2. The van der Waals surface area contributed by atoms with E-state index in [1.165, 1.54) is 11.8 Å². The van der Waals surface area contributed by atoms with Crippen molar-refractivity contribution in [3.05, 3.63) is 94.0 Å². The second kappa shape index (κ2) is 9.53. The highest BCUT2D eigenvalue weighted by Gasteiger charge is 2.42. The van der Waals surface area contributed by atoms with E-state index in [0.29, 0.717) is 23.1 Å². The molecule has 0 spiro atoms. The molecule has 3 aromatic carbocycles. The molecule has 0 saturated carbocycles. The molecule has 1 aromatic heterocycles. The molecule has 5 nitrogen and oxygen atoms in total. The van der Waals surface area contributed by atoms with Crippen LogP contribution in [0.3, 0.4) is 0 Å². The molecule has 0 bridgehead atoms. The highest BCUT2D eigenvalue weighted by Crippen LogP contribution is 2.52. The molecule has 1 atom stereocenters. The van der Waals surface area contributed by atoms with Gasteiger partial charge in [-0.1, -0.05) is 41.9 Å². The lowest BCUT2D eigenvalue weighted by Gasteiger charge is -2.34. The average Bonchev–Trinajstić information content (AvgIpc) is 2.99. The molecule has 4 aromatic rings. The Morgan fingerprint density at radius 2 is 2.00 bits per heavy atom. The summed E-state index contributed by atoms with van der Waals surface area (Å²) in [6.45, 7) is 2.45. The summed E-state index contributed by atoms with van der Waals surface area (Å²) in [4.78, 5) is 15.2. The molecule has 1 aliphatic rings. The summed E-state index contributed by atoms with van der Waals surface area (Å²) in [5, 5.41) is 10.9. The molecule has 1 unspecified atom stereocenters. The van der Waals surface area contributed by atoms with Gasteiger partial charge in [0.15, 0.2) is 4.93 Å². The number of halogens is 1. The summed E-state index contributed by atoms with van der Waals surface area (Å²) < 4.78 is 12.5. The van der Waals surface area contributed by atoms with E-state index in [1.54, 1.807) is 7.11 Å². The largest absolute Gasteiger partial charge is 0.488 e. The number of carboxylic acid groups (broad SMARTS) is 1. The van der Waals surface area contributed by atoms with E-state index >= 15 is 0 Å². The molecule has 35 heavy (non-hydrogen) atoms. The predicted molar refractivity (Wildman–Crippen MR) is 140 cm³/mol. The van der Waals surface area contributed by atoms with Crippen LogP contribution in [0.1, 0.15) is 28.7 Å². The number of benzene rings is 3. The van der Waals surface area contributed by atoms with E-state index < -0.39 is 10.9 Å². The van der Waals surface area contributed by atoms with Gasteiger partial charge in [-0.3, -0.25) is 4.79 Å². The van der Waals surface area contributed by atoms with E-state index in [-0.39, 0.29) is 6.42 Å². The molecule has 0 aliphatic carbocycles. The van der Waals surface area contributed by atoms with Gasteiger partial charge >= 0.3 is 5.97 Å². The molecular formula is C28H24ClNO4S. The number of thioether (sulfide) groups is 1. The van der Waals surface area contributed by atoms with Crippen molar-refractivity contribution in [2.24, 2.45) is 0 Å². The van der Waals surface area contributed by atoms with Gasteiger partial charge in [-0.2, -0.15) is 0 Å². The first-order chi connectivity index (χ1) is 16.9. The number of hydrogen-bond donors (Lipinski definition) is 1. The van der Waals surface area contributed by atoms with Gasteiger partial charge in [-0.05, 0) is 54.4 Å². The molecule has 7 heteroatoms. The van der Waals surface area contributed by atoms with Crippen LogP contribution in [0.25, 0.3) is 22.2 Å². The van der Waals surface area contributed by atoms with Crippen molar-refractivity contribution in [3.63, 3.8) is 0 Å². The maximum absolute atomic E-state index is 11.3. The van der Waals surface area contributed by atoms with Gasteiger partial charge < -0.3 is 14.6 Å². The smallest absolute Gasteiger partial charge is 0.304 e. The second-order valence-corrected chi connectivity index (χ2v) is 10.2. The highest BCUT2D eigenvalue weighted by molar-refractivity contribution is 8.00. The minimum absolute atomic E-state index is 0.0276. The standard InChI is InChI=1S/C28H24ClNO4S/c1-17-4-3-5-20-16-34-25-11-8-19(23-10-7-18-6-9-21(29)15-24(18)30-23)14-22(25)28(33-2,27(17)20)35-13-12-26(31)32/h3-11,14-15H,12-13,16H2,1-2H3,(H,31,32). The quantitative estimate of drug-likeness (QED) is 0.290. The number of carboxylic acids is 1. The van der Waals surface area contributed by atoms with Crippen LogP contribution in [0.4, 0.5) is 0 Å². The van der Waals surface area contributed by atoms with Crippen LogP contribution in [-0.4, -0.2) is 28.9 Å². The Morgan fingerprint density at radius 3 is 2.80 bits per heavy atom. The van der Waals surface area contributed by atoms with Crippen molar-refractivity contribution in [2.75, 3.05) is 12.9 Å². The van der Waals surface area contributed by atoms with Crippen LogP contribution < -0.4 is 4.74 Å². The van der Waals surface area contributed by atoms with E-state index in [2.05, 4.69) is 0 Å². The number of ether oxygens (including phenoxy) is 2. The van der Waals surface area contributed by atoms with Gasteiger partial charge in [0, 0.05) is 40.0 Å². The van der Waals surface area contributed by atoms with Crippen molar-refractivity contribution < 1.29 is 19.4 Å². The number of methoxy groups -OCH3 is 1. The maximum Gasteiger partial charge on any atom is 0.304 e. The third-order valence-electron chi connectivity index (χ3n) is 6.26.